The van der Waals surface area contributed by atoms with Crippen molar-refractivity contribution < 1.29 is 4.79 Å². The summed E-state index contributed by atoms with van der Waals surface area (Å²) in [6.07, 6.45) is 3.89. The summed E-state index contributed by atoms with van der Waals surface area (Å²) < 4.78 is 0. The van der Waals surface area contributed by atoms with Gasteiger partial charge in [-0.05, 0) is 60.3 Å². The summed E-state index contributed by atoms with van der Waals surface area (Å²) in [5, 5.41) is 2.93. The van der Waals surface area contributed by atoms with Gasteiger partial charge in [-0.1, -0.05) is 36.8 Å². The lowest BCUT2D eigenvalue weighted by atomic mass is 10.00. The van der Waals surface area contributed by atoms with E-state index in [0.29, 0.717) is 6.04 Å². The van der Waals surface area contributed by atoms with E-state index in [4.69, 9.17) is 0 Å². The summed E-state index contributed by atoms with van der Waals surface area (Å²) in [4.78, 5) is 14.0. The number of nitrogens with one attached hydrogen (secondary N) is 1. The topological polar surface area (TPSA) is 32.3 Å². The summed E-state index contributed by atoms with van der Waals surface area (Å²) in [6.45, 7) is 3.87. The maximum absolute atomic E-state index is 11.4. The molecule has 0 aromatic heterocycles. The van der Waals surface area contributed by atoms with Crippen LogP contribution in [0, 0.1) is 0 Å². The molecule has 1 N–H and O–H groups in total. The molecule has 1 aliphatic heterocycles. The first-order valence-electron chi connectivity index (χ1n) is 8.49. The predicted molar refractivity (Wildman–Crippen MR) is 93.4 cm³/mol. The molecule has 0 radical (unpaired) electrons. The van der Waals surface area contributed by atoms with Gasteiger partial charge in [0.1, 0.15) is 0 Å². The Morgan fingerprint density at radius 3 is 2.52 bits per heavy atom. The predicted octanol–water partition coefficient (Wildman–Crippen LogP) is 4.20. The Morgan fingerprint density at radius 2 is 1.74 bits per heavy atom. The minimum Gasteiger partial charge on any atom is -0.326 e. The molecule has 2 aliphatic rings. The van der Waals surface area contributed by atoms with E-state index in [1.807, 2.05) is 6.07 Å². The highest BCUT2D eigenvalue weighted by Crippen LogP contribution is 2.47. The molecule has 4 rings (SSSR count). The van der Waals surface area contributed by atoms with Crippen LogP contribution in [0.5, 0.6) is 0 Å². The zero-order valence-corrected chi connectivity index (χ0v) is 13.5. The average Bonchev–Trinajstić information content (AvgIpc) is 2.88. The normalized spacial score (nSPS) is 20.0. The lowest BCUT2D eigenvalue weighted by Crippen LogP contribution is -2.33. The van der Waals surface area contributed by atoms with Crippen LogP contribution in [0.3, 0.4) is 0 Å². The molecule has 1 heterocycles. The smallest absolute Gasteiger partial charge is 0.221 e. The fourth-order valence-corrected chi connectivity index (χ4v) is 4.03. The molecule has 1 aliphatic carbocycles. The van der Waals surface area contributed by atoms with Crippen molar-refractivity contribution in [1.82, 2.24) is 4.90 Å². The van der Waals surface area contributed by atoms with Gasteiger partial charge in [0.2, 0.25) is 5.91 Å². The van der Waals surface area contributed by atoms with E-state index < -0.39 is 0 Å². The van der Waals surface area contributed by atoms with Crippen molar-refractivity contribution in [3.8, 4) is 11.1 Å². The molecule has 0 saturated carbocycles. The van der Waals surface area contributed by atoms with Gasteiger partial charge in [0, 0.05) is 12.6 Å². The fraction of sp³-hybridized carbons (Fsp3) is 0.350. The molecule has 118 valence electrons. The molecule has 1 saturated heterocycles. The zero-order chi connectivity index (χ0) is 15.8. The minimum absolute atomic E-state index is 0.0185. The van der Waals surface area contributed by atoms with Crippen molar-refractivity contribution in [1.29, 1.82) is 0 Å². The standard InChI is InChI=1S/C20H22N2O/c1-14(23)21-15-9-10-17-16-7-3-4-8-18(16)20(19(17)13-15)22-11-5-2-6-12-22/h3-4,7-10,13,20H,2,5-6,11-12H2,1H3,(H,21,23). The molecule has 1 amide bonds. The summed E-state index contributed by atoms with van der Waals surface area (Å²) in [6, 6.07) is 15.4. The Bertz CT molecular complexity index is 747. The number of nitrogens with zero attached hydrogens (tertiary/aromatic N) is 1. The molecule has 2 aromatic carbocycles. The Labute approximate surface area is 137 Å². The van der Waals surface area contributed by atoms with Crippen LogP contribution in [0.15, 0.2) is 42.5 Å². The molecule has 0 spiro atoms. The van der Waals surface area contributed by atoms with E-state index in [0.717, 1.165) is 18.8 Å². The van der Waals surface area contributed by atoms with Crippen LogP contribution in [0.4, 0.5) is 5.69 Å². The molecule has 1 fully saturated rings. The molecule has 2 aromatic rings. The molecule has 1 atom stereocenters. The Hall–Kier alpha value is -2.13. The van der Waals surface area contributed by atoms with Crippen LogP contribution < -0.4 is 5.32 Å². The number of benzene rings is 2. The maximum atomic E-state index is 11.4. The van der Waals surface area contributed by atoms with Crippen LogP contribution in [0.2, 0.25) is 0 Å². The monoisotopic (exact) mass is 306 g/mol. The van der Waals surface area contributed by atoms with Gasteiger partial charge in [-0.3, -0.25) is 9.69 Å². The number of hydrogen-bond donors (Lipinski definition) is 1. The number of likely N-dealkylation sites (tertiary alicyclic amines) is 1. The Balaban J connectivity index is 1.80. The number of carbonyl (C=O) groups excluding carboxylic acids is 1. The second-order valence-corrected chi connectivity index (χ2v) is 6.57. The highest BCUT2D eigenvalue weighted by Gasteiger charge is 2.33. The largest absolute Gasteiger partial charge is 0.326 e. The van der Waals surface area contributed by atoms with E-state index in [-0.39, 0.29) is 5.91 Å². The number of piperidine rings is 1. The molecule has 1 unspecified atom stereocenters. The van der Waals surface area contributed by atoms with E-state index >= 15 is 0 Å². The molecule has 3 heteroatoms. The third-order valence-electron chi connectivity index (χ3n) is 4.97. The van der Waals surface area contributed by atoms with Gasteiger partial charge in [0.15, 0.2) is 0 Å². The van der Waals surface area contributed by atoms with E-state index in [9.17, 15) is 4.79 Å². The number of anilines is 1. The molecule has 23 heavy (non-hydrogen) atoms. The van der Waals surface area contributed by atoms with Crippen LogP contribution in [0.25, 0.3) is 11.1 Å². The molecular formula is C20H22N2O. The lowest BCUT2D eigenvalue weighted by molar-refractivity contribution is -0.114. The van der Waals surface area contributed by atoms with Crippen molar-refractivity contribution >= 4 is 11.6 Å². The third kappa shape index (κ3) is 2.55. The number of fused-ring (bicyclic) bond motifs is 3. The van der Waals surface area contributed by atoms with Crippen molar-refractivity contribution in [2.24, 2.45) is 0 Å². The molecular weight excluding hydrogens is 284 g/mol. The number of amides is 1. The fourth-order valence-electron chi connectivity index (χ4n) is 4.03. The Kier molecular flexibility index (Phi) is 3.66. The summed E-state index contributed by atoms with van der Waals surface area (Å²) in [5.74, 6) is -0.0185. The minimum atomic E-state index is -0.0185. The molecule has 3 nitrogen and oxygen atoms in total. The summed E-state index contributed by atoms with van der Waals surface area (Å²) in [7, 11) is 0. The van der Waals surface area contributed by atoms with Gasteiger partial charge < -0.3 is 5.32 Å². The van der Waals surface area contributed by atoms with E-state index in [2.05, 4.69) is 46.6 Å². The SMILES string of the molecule is CC(=O)Nc1ccc2c(c1)C(N1CCCCC1)c1ccccc1-2. The number of carbonyl (C=O) groups is 1. The van der Waals surface area contributed by atoms with Crippen LogP contribution in [-0.2, 0) is 4.79 Å². The second-order valence-electron chi connectivity index (χ2n) is 6.57. The number of rotatable bonds is 2. The van der Waals surface area contributed by atoms with Crippen molar-refractivity contribution in [3.63, 3.8) is 0 Å². The van der Waals surface area contributed by atoms with Crippen LogP contribution >= 0.6 is 0 Å². The quantitative estimate of drug-likeness (QED) is 0.902. The second kappa shape index (κ2) is 5.82. The van der Waals surface area contributed by atoms with E-state index in [1.165, 1.54) is 41.5 Å². The maximum Gasteiger partial charge on any atom is 0.221 e. The zero-order valence-electron chi connectivity index (χ0n) is 13.5. The third-order valence-corrected chi connectivity index (χ3v) is 4.97. The molecule has 0 bridgehead atoms. The lowest BCUT2D eigenvalue weighted by Gasteiger charge is -2.33. The van der Waals surface area contributed by atoms with Crippen molar-refractivity contribution in [2.45, 2.75) is 32.2 Å². The first-order chi connectivity index (χ1) is 11.2. The summed E-state index contributed by atoms with van der Waals surface area (Å²) >= 11 is 0. The van der Waals surface area contributed by atoms with Crippen molar-refractivity contribution in [3.05, 3.63) is 53.6 Å². The first kappa shape index (κ1) is 14.5. The first-order valence-corrected chi connectivity index (χ1v) is 8.49. The van der Waals surface area contributed by atoms with Gasteiger partial charge in [0.05, 0.1) is 6.04 Å². The van der Waals surface area contributed by atoms with Gasteiger partial charge in [0.25, 0.3) is 0 Å². The van der Waals surface area contributed by atoms with E-state index in [1.54, 1.807) is 6.92 Å². The Morgan fingerprint density at radius 1 is 1.00 bits per heavy atom. The van der Waals surface area contributed by atoms with Crippen LogP contribution in [0.1, 0.15) is 43.4 Å². The van der Waals surface area contributed by atoms with Gasteiger partial charge in [-0.2, -0.15) is 0 Å². The van der Waals surface area contributed by atoms with Gasteiger partial charge >= 0.3 is 0 Å². The summed E-state index contributed by atoms with van der Waals surface area (Å²) in [5.41, 5.74) is 6.28. The van der Waals surface area contributed by atoms with Gasteiger partial charge in [-0.25, -0.2) is 0 Å². The highest BCUT2D eigenvalue weighted by molar-refractivity contribution is 5.90. The highest BCUT2D eigenvalue weighted by atomic mass is 16.1. The van der Waals surface area contributed by atoms with Crippen LogP contribution in [-0.4, -0.2) is 23.9 Å². The van der Waals surface area contributed by atoms with Gasteiger partial charge in [-0.15, -0.1) is 0 Å². The average molecular weight is 306 g/mol. The number of hydrogen-bond acceptors (Lipinski definition) is 2. The van der Waals surface area contributed by atoms with Crippen molar-refractivity contribution in [2.75, 3.05) is 18.4 Å².